The minimum absolute atomic E-state index is 0.0979. The third kappa shape index (κ3) is 3.53. The highest BCUT2D eigenvalue weighted by molar-refractivity contribution is 7.13. The number of hydrogen-bond donors (Lipinski definition) is 2. The zero-order valence-electron chi connectivity index (χ0n) is 14.7. The Bertz CT molecular complexity index is 902. The monoisotopic (exact) mass is 367 g/mol. The zero-order chi connectivity index (χ0) is 17.9. The van der Waals surface area contributed by atoms with Crippen LogP contribution >= 0.6 is 11.3 Å². The molecule has 0 aromatic carbocycles. The average Bonchev–Trinajstić information content (AvgIpc) is 3.29. The number of H-pyrrole nitrogens is 1. The summed E-state index contributed by atoms with van der Waals surface area (Å²) in [5, 5.41) is 13.2. The first kappa shape index (κ1) is 16.9. The SMILES string of the molecule is CC1CCc2[nH]nc(C(=O)NCCc3csc(-c4cccnc4)n3)c2C1. The number of carbonyl (C=O) groups is 1. The van der Waals surface area contributed by atoms with E-state index in [0.717, 1.165) is 46.8 Å². The van der Waals surface area contributed by atoms with Crippen LogP contribution in [-0.4, -0.2) is 32.6 Å². The van der Waals surface area contributed by atoms with Crippen LogP contribution < -0.4 is 5.32 Å². The number of fused-ring (bicyclic) bond motifs is 1. The molecule has 1 atom stereocenters. The minimum atomic E-state index is -0.0979. The molecule has 0 spiro atoms. The van der Waals surface area contributed by atoms with Crippen molar-refractivity contribution in [2.75, 3.05) is 6.54 Å². The van der Waals surface area contributed by atoms with E-state index in [4.69, 9.17) is 0 Å². The summed E-state index contributed by atoms with van der Waals surface area (Å²) in [6, 6.07) is 3.90. The van der Waals surface area contributed by atoms with Gasteiger partial charge in [-0.25, -0.2) is 4.98 Å². The molecule has 1 aliphatic carbocycles. The van der Waals surface area contributed by atoms with Crippen molar-refractivity contribution in [2.24, 2.45) is 5.92 Å². The Morgan fingerprint density at radius 2 is 2.38 bits per heavy atom. The summed E-state index contributed by atoms with van der Waals surface area (Å²) in [4.78, 5) is 21.2. The van der Waals surface area contributed by atoms with E-state index < -0.39 is 0 Å². The Hall–Kier alpha value is -2.54. The molecule has 134 valence electrons. The highest BCUT2D eigenvalue weighted by atomic mass is 32.1. The first-order chi connectivity index (χ1) is 12.7. The molecule has 7 heteroatoms. The lowest BCUT2D eigenvalue weighted by Gasteiger charge is -2.17. The quantitative estimate of drug-likeness (QED) is 0.726. The number of aromatic nitrogens is 4. The summed E-state index contributed by atoms with van der Waals surface area (Å²) in [5.41, 5.74) is 4.76. The summed E-state index contributed by atoms with van der Waals surface area (Å²) >= 11 is 1.60. The van der Waals surface area contributed by atoms with Crippen molar-refractivity contribution < 1.29 is 4.79 Å². The fraction of sp³-hybridized carbons (Fsp3) is 0.368. The first-order valence-electron chi connectivity index (χ1n) is 8.90. The Morgan fingerprint density at radius 3 is 3.23 bits per heavy atom. The van der Waals surface area contributed by atoms with Gasteiger partial charge < -0.3 is 5.32 Å². The molecule has 3 aromatic heterocycles. The summed E-state index contributed by atoms with van der Waals surface area (Å²) in [5.74, 6) is 0.506. The second kappa shape index (κ2) is 7.37. The van der Waals surface area contributed by atoms with Crippen molar-refractivity contribution >= 4 is 17.2 Å². The summed E-state index contributed by atoms with van der Waals surface area (Å²) in [6.45, 7) is 2.77. The van der Waals surface area contributed by atoms with E-state index in [2.05, 4.69) is 32.4 Å². The molecule has 2 N–H and O–H groups in total. The van der Waals surface area contributed by atoms with Crippen LogP contribution in [0.5, 0.6) is 0 Å². The second-order valence-electron chi connectivity index (χ2n) is 6.77. The van der Waals surface area contributed by atoms with Crippen LogP contribution in [0, 0.1) is 5.92 Å². The van der Waals surface area contributed by atoms with Gasteiger partial charge in [0.25, 0.3) is 5.91 Å². The Kier molecular flexibility index (Phi) is 4.79. The molecule has 0 bridgehead atoms. The number of nitrogens with one attached hydrogen (secondary N) is 2. The van der Waals surface area contributed by atoms with E-state index in [9.17, 15) is 4.79 Å². The lowest BCUT2D eigenvalue weighted by Crippen LogP contribution is -2.27. The topological polar surface area (TPSA) is 83.6 Å². The summed E-state index contributed by atoms with van der Waals surface area (Å²) in [7, 11) is 0. The molecule has 0 radical (unpaired) electrons. The number of pyridine rings is 1. The molecule has 0 saturated heterocycles. The van der Waals surface area contributed by atoms with Crippen LogP contribution in [0.2, 0.25) is 0 Å². The third-order valence-corrected chi connectivity index (χ3v) is 5.67. The Balaban J connectivity index is 1.35. The molecule has 6 nitrogen and oxygen atoms in total. The fourth-order valence-electron chi connectivity index (χ4n) is 3.29. The van der Waals surface area contributed by atoms with Gasteiger partial charge in [-0.05, 0) is 37.3 Å². The molecule has 26 heavy (non-hydrogen) atoms. The summed E-state index contributed by atoms with van der Waals surface area (Å²) in [6.07, 6.45) is 7.32. The zero-order valence-corrected chi connectivity index (χ0v) is 15.5. The molecule has 0 aliphatic heterocycles. The van der Waals surface area contributed by atoms with Crippen LogP contribution in [0.25, 0.3) is 10.6 Å². The summed E-state index contributed by atoms with van der Waals surface area (Å²) < 4.78 is 0. The van der Waals surface area contributed by atoms with Crippen LogP contribution in [0.1, 0.15) is 40.8 Å². The maximum absolute atomic E-state index is 12.5. The minimum Gasteiger partial charge on any atom is -0.350 e. The van der Waals surface area contributed by atoms with Crippen molar-refractivity contribution in [3.63, 3.8) is 0 Å². The normalized spacial score (nSPS) is 16.3. The molecule has 3 heterocycles. The Labute approximate surface area is 156 Å². The van der Waals surface area contributed by atoms with Gasteiger partial charge in [-0.15, -0.1) is 11.3 Å². The van der Waals surface area contributed by atoms with E-state index in [1.54, 1.807) is 17.5 Å². The van der Waals surface area contributed by atoms with E-state index in [1.807, 2.05) is 23.7 Å². The van der Waals surface area contributed by atoms with Crippen LogP contribution in [-0.2, 0) is 19.3 Å². The lowest BCUT2D eigenvalue weighted by molar-refractivity contribution is 0.0948. The number of amides is 1. The number of aryl methyl sites for hydroxylation is 1. The van der Waals surface area contributed by atoms with Gasteiger partial charge in [0.1, 0.15) is 5.01 Å². The van der Waals surface area contributed by atoms with Crippen molar-refractivity contribution in [2.45, 2.75) is 32.6 Å². The number of rotatable bonds is 5. The van der Waals surface area contributed by atoms with E-state index in [1.165, 1.54) is 0 Å². The predicted molar refractivity (Wildman–Crippen MR) is 101 cm³/mol. The molecule has 4 rings (SSSR count). The number of carbonyl (C=O) groups excluding carboxylic acids is 1. The largest absolute Gasteiger partial charge is 0.350 e. The highest BCUT2D eigenvalue weighted by Gasteiger charge is 2.24. The first-order valence-corrected chi connectivity index (χ1v) is 9.78. The van der Waals surface area contributed by atoms with Gasteiger partial charge in [0.05, 0.1) is 5.69 Å². The second-order valence-corrected chi connectivity index (χ2v) is 7.63. The molecule has 0 saturated carbocycles. The lowest BCUT2D eigenvalue weighted by atomic mass is 9.87. The van der Waals surface area contributed by atoms with Gasteiger partial charge in [-0.3, -0.25) is 14.9 Å². The van der Waals surface area contributed by atoms with Crippen molar-refractivity contribution in [1.29, 1.82) is 0 Å². The molecular weight excluding hydrogens is 346 g/mol. The molecule has 1 unspecified atom stereocenters. The maximum atomic E-state index is 12.5. The van der Waals surface area contributed by atoms with Gasteiger partial charge in [0, 0.05) is 47.6 Å². The van der Waals surface area contributed by atoms with Crippen molar-refractivity contribution in [3.05, 3.63) is 52.6 Å². The van der Waals surface area contributed by atoms with Gasteiger partial charge in [-0.2, -0.15) is 5.10 Å². The third-order valence-electron chi connectivity index (χ3n) is 4.73. The van der Waals surface area contributed by atoms with Gasteiger partial charge in [0.15, 0.2) is 5.69 Å². The molecule has 1 amide bonds. The smallest absolute Gasteiger partial charge is 0.272 e. The molecular formula is C19H21N5OS. The van der Waals surface area contributed by atoms with Gasteiger partial charge in [-0.1, -0.05) is 6.92 Å². The van der Waals surface area contributed by atoms with Gasteiger partial charge in [0.2, 0.25) is 0 Å². The van der Waals surface area contributed by atoms with Crippen LogP contribution in [0.3, 0.4) is 0 Å². The van der Waals surface area contributed by atoms with Crippen molar-refractivity contribution in [3.8, 4) is 10.6 Å². The van der Waals surface area contributed by atoms with Crippen LogP contribution in [0.15, 0.2) is 29.9 Å². The number of aromatic amines is 1. The van der Waals surface area contributed by atoms with E-state index in [-0.39, 0.29) is 5.91 Å². The molecule has 0 fully saturated rings. The number of thiazole rings is 1. The van der Waals surface area contributed by atoms with Gasteiger partial charge >= 0.3 is 0 Å². The molecule has 1 aliphatic rings. The standard InChI is InChI=1S/C19H21N5OS/c1-12-4-5-16-15(9-12)17(24-23-16)18(25)21-8-6-14-11-26-19(22-14)13-3-2-7-20-10-13/h2-3,7,10-12H,4-6,8-9H2,1H3,(H,21,25)(H,23,24). The highest BCUT2D eigenvalue weighted by Crippen LogP contribution is 2.26. The van der Waals surface area contributed by atoms with E-state index in [0.29, 0.717) is 24.6 Å². The number of nitrogens with zero attached hydrogens (tertiary/aromatic N) is 3. The molecule has 3 aromatic rings. The fourth-order valence-corrected chi connectivity index (χ4v) is 4.13. The van der Waals surface area contributed by atoms with E-state index >= 15 is 0 Å². The number of hydrogen-bond acceptors (Lipinski definition) is 5. The van der Waals surface area contributed by atoms with Crippen LogP contribution in [0.4, 0.5) is 0 Å². The Morgan fingerprint density at radius 1 is 1.46 bits per heavy atom. The van der Waals surface area contributed by atoms with Crippen molar-refractivity contribution in [1.82, 2.24) is 25.5 Å². The maximum Gasteiger partial charge on any atom is 0.272 e. The predicted octanol–water partition coefficient (Wildman–Crippen LogP) is 3.03. The average molecular weight is 367 g/mol.